The van der Waals surface area contributed by atoms with E-state index < -0.39 is 17.9 Å². The van der Waals surface area contributed by atoms with Crippen molar-refractivity contribution >= 4 is 18.3 Å². The molecule has 3 aliphatic heterocycles. The second-order valence-corrected chi connectivity index (χ2v) is 19.4. The quantitative estimate of drug-likeness (QED) is 0.230. The van der Waals surface area contributed by atoms with Gasteiger partial charge in [-0.05, 0) is 135 Å². The molecule has 2 spiro atoms. The first-order chi connectivity index (χ1) is 23.3. The summed E-state index contributed by atoms with van der Waals surface area (Å²) >= 11 is 0. The van der Waals surface area contributed by atoms with E-state index in [4.69, 9.17) is 23.7 Å². The van der Waals surface area contributed by atoms with Crippen molar-refractivity contribution in [3.8, 4) is 0 Å². The number of hydrogen-bond acceptors (Lipinski definition) is 8. The van der Waals surface area contributed by atoms with Crippen molar-refractivity contribution in [1.29, 1.82) is 0 Å². The number of ether oxygens (including phenoxy) is 5. The van der Waals surface area contributed by atoms with E-state index in [-0.39, 0.29) is 58.1 Å². The van der Waals surface area contributed by atoms with Gasteiger partial charge in [0, 0.05) is 18.9 Å². The number of carbonyl (C=O) groups is 3. The lowest BCUT2D eigenvalue weighted by molar-refractivity contribution is -0.244. The summed E-state index contributed by atoms with van der Waals surface area (Å²) in [6.07, 6.45) is 11.3. The van der Waals surface area contributed by atoms with Crippen LogP contribution in [0.15, 0.2) is 0 Å². The average molecular weight is 682 g/mol. The molecule has 9 aliphatic rings. The first kappa shape index (κ1) is 33.1. The van der Waals surface area contributed by atoms with Gasteiger partial charge in [0.05, 0.1) is 31.5 Å². The topological polar surface area (TPSA) is 101 Å². The van der Waals surface area contributed by atoms with Crippen LogP contribution in [0.3, 0.4) is 0 Å². The van der Waals surface area contributed by atoms with E-state index in [1.165, 1.54) is 38.4 Å². The van der Waals surface area contributed by atoms with Gasteiger partial charge in [0.2, 0.25) is 5.91 Å². The zero-order valence-corrected chi connectivity index (χ0v) is 30.6. The third-order valence-electron chi connectivity index (χ3n) is 16.9. The molecule has 14 atom stereocenters. The Morgan fingerprint density at radius 1 is 0.959 bits per heavy atom. The van der Waals surface area contributed by atoms with Crippen molar-refractivity contribution in [2.45, 2.75) is 148 Å². The maximum absolute atomic E-state index is 13.2. The Morgan fingerprint density at radius 3 is 2.45 bits per heavy atom. The van der Waals surface area contributed by atoms with Crippen LogP contribution < -0.4 is 0 Å². The lowest BCUT2D eigenvalue weighted by atomic mass is 9.45. The summed E-state index contributed by atoms with van der Waals surface area (Å²) in [5, 5.41) is 0. The molecule has 3 heterocycles. The third-order valence-corrected chi connectivity index (χ3v) is 16.9. The predicted molar refractivity (Wildman–Crippen MR) is 179 cm³/mol. The number of carbonyl (C=O) groups excluding carboxylic acids is 3. The highest BCUT2D eigenvalue weighted by Crippen LogP contribution is 2.90. The van der Waals surface area contributed by atoms with E-state index in [1.807, 2.05) is 18.7 Å². The molecule has 0 aromatic heterocycles. The Bertz CT molecular complexity index is 1390. The normalized spacial score (nSPS) is 52.0. The van der Waals surface area contributed by atoms with E-state index in [9.17, 15) is 14.4 Å². The second-order valence-electron chi connectivity index (χ2n) is 19.4. The van der Waals surface area contributed by atoms with Gasteiger partial charge in [0.25, 0.3) is 0 Å². The smallest absolute Gasteiger partial charge is 0.424 e. The zero-order chi connectivity index (χ0) is 34.3. The fourth-order valence-corrected chi connectivity index (χ4v) is 14.7. The monoisotopic (exact) mass is 681 g/mol. The van der Waals surface area contributed by atoms with Crippen LogP contribution in [0, 0.1) is 63.1 Å². The summed E-state index contributed by atoms with van der Waals surface area (Å²) < 4.78 is 31.1. The minimum absolute atomic E-state index is 0.0109. The van der Waals surface area contributed by atoms with Gasteiger partial charge in [-0.1, -0.05) is 27.7 Å². The van der Waals surface area contributed by atoms with Gasteiger partial charge in [0.15, 0.2) is 12.4 Å². The van der Waals surface area contributed by atoms with E-state index >= 15 is 0 Å². The molecule has 0 aromatic carbocycles. The Balaban J connectivity index is 0.936. The van der Waals surface area contributed by atoms with Crippen molar-refractivity contribution in [3.05, 3.63) is 0 Å². The van der Waals surface area contributed by atoms with Gasteiger partial charge >= 0.3 is 6.16 Å². The molecule has 9 nitrogen and oxygen atoms in total. The molecule has 0 N–H and O–H groups in total. The summed E-state index contributed by atoms with van der Waals surface area (Å²) in [7, 11) is 0. The molecule has 6 aliphatic carbocycles. The van der Waals surface area contributed by atoms with Crippen LogP contribution in [-0.4, -0.2) is 79.3 Å². The van der Waals surface area contributed by atoms with Crippen molar-refractivity contribution in [1.82, 2.24) is 4.90 Å². The van der Waals surface area contributed by atoms with Gasteiger partial charge in [-0.25, -0.2) is 4.79 Å². The number of amides is 1. The number of fused-ring (bicyclic) bond motifs is 4. The molecular formula is C40H59NO8. The molecule has 3 saturated heterocycles. The van der Waals surface area contributed by atoms with Crippen molar-refractivity contribution in [3.63, 3.8) is 0 Å². The third kappa shape index (κ3) is 4.48. The summed E-state index contributed by atoms with van der Waals surface area (Å²) in [4.78, 5) is 40.3. The highest BCUT2D eigenvalue weighted by atomic mass is 16.8. The van der Waals surface area contributed by atoms with Crippen LogP contribution in [0.2, 0.25) is 0 Å². The Labute approximate surface area is 292 Å². The maximum atomic E-state index is 13.2. The second kappa shape index (κ2) is 10.9. The van der Waals surface area contributed by atoms with E-state index in [0.717, 1.165) is 32.1 Å². The average Bonchev–Trinajstić information content (AvgIpc) is 3.92. The summed E-state index contributed by atoms with van der Waals surface area (Å²) in [6, 6.07) is 0. The molecule has 9 heteroatoms. The molecular weight excluding hydrogens is 622 g/mol. The Kier molecular flexibility index (Phi) is 7.38. The molecule has 9 rings (SSSR count). The standard InChI is InChI=1S/C40H59NO8/c1-22-39-16-15-38(6)26-9-11-27(34-37(4,5)49-35(44)48-34)46-33(26)24(21-42)32(38)25(39)10-12-28-36(2,3)29(13-14-40(22,28)39)47-31-20-41(17-18-45-31)30(43)19-23-7-8-23/h21-29,31-34H,7-20H2,1-6H3/t22-,24+,25-,26?,27+,28?,29-,31-,32?,33+,34-,38+,39-,40+/m0/s1. The highest BCUT2D eigenvalue weighted by Gasteiger charge is 2.85. The minimum atomic E-state index is -0.746. The van der Waals surface area contributed by atoms with Gasteiger partial charge in [0.1, 0.15) is 11.9 Å². The van der Waals surface area contributed by atoms with Crippen LogP contribution in [-0.2, 0) is 33.3 Å². The minimum Gasteiger partial charge on any atom is -0.424 e. The predicted octanol–water partition coefficient (Wildman–Crippen LogP) is 6.55. The summed E-state index contributed by atoms with van der Waals surface area (Å²) in [5.74, 6) is 3.08. The molecule has 9 fully saturated rings. The first-order valence-corrected chi connectivity index (χ1v) is 19.8. The van der Waals surface area contributed by atoms with Crippen molar-refractivity contribution < 1.29 is 38.1 Å². The fraction of sp³-hybridized carbons (Fsp3) is 0.925. The molecule has 1 amide bonds. The molecule has 0 aromatic rings. The molecule has 3 unspecified atom stereocenters. The first-order valence-electron chi connectivity index (χ1n) is 19.8. The maximum Gasteiger partial charge on any atom is 0.509 e. The number of nitrogens with zero attached hydrogens (tertiary/aromatic N) is 1. The van der Waals surface area contributed by atoms with Crippen LogP contribution >= 0.6 is 0 Å². The lowest BCUT2D eigenvalue weighted by Gasteiger charge is -2.60. The number of rotatable bonds is 6. The van der Waals surface area contributed by atoms with E-state index in [1.54, 1.807) is 0 Å². The van der Waals surface area contributed by atoms with Crippen LogP contribution in [0.1, 0.15) is 112 Å². The zero-order valence-electron chi connectivity index (χ0n) is 30.6. The molecule has 272 valence electrons. The van der Waals surface area contributed by atoms with Crippen molar-refractivity contribution in [2.75, 3.05) is 19.7 Å². The Morgan fingerprint density at radius 2 is 1.73 bits per heavy atom. The molecule has 0 bridgehead atoms. The summed E-state index contributed by atoms with van der Waals surface area (Å²) in [5.41, 5.74) is -0.138. The van der Waals surface area contributed by atoms with E-state index in [2.05, 4.69) is 27.7 Å². The highest BCUT2D eigenvalue weighted by molar-refractivity contribution is 5.76. The Hall–Kier alpha value is -1.71. The van der Waals surface area contributed by atoms with Gasteiger partial charge < -0.3 is 33.4 Å². The van der Waals surface area contributed by atoms with Crippen LogP contribution in [0.5, 0.6) is 0 Å². The largest absolute Gasteiger partial charge is 0.509 e. The van der Waals surface area contributed by atoms with Gasteiger partial charge in [-0.3, -0.25) is 4.79 Å². The van der Waals surface area contributed by atoms with Gasteiger partial charge in [-0.15, -0.1) is 0 Å². The van der Waals surface area contributed by atoms with Crippen molar-refractivity contribution in [2.24, 2.45) is 63.1 Å². The number of aldehydes is 1. The number of morpholine rings is 1. The molecule has 49 heavy (non-hydrogen) atoms. The molecule has 6 saturated carbocycles. The molecule has 0 radical (unpaired) electrons. The SMILES string of the molecule is C[C@H]1[C@@]23CC[C@]4(C)C5CC[C@H]([C@@H]6OC(=O)OC6(C)C)O[C@@H]5[C@H](C=O)C4[C@@H]2CCC2C(C)(C)[C@@H](O[C@H]4CN(C(=O)CC5CC5)CCO4)CC[C@]213. The number of hydrogen-bond donors (Lipinski definition) is 0. The van der Waals surface area contributed by atoms with Crippen LogP contribution in [0.25, 0.3) is 0 Å². The van der Waals surface area contributed by atoms with E-state index in [0.29, 0.717) is 61.6 Å². The summed E-state index contributed by atoms with van der Waals surface area (Å²) in [6.45, 7) is 15.5. The van der Waals surface area contributed by atoms with Crippen LogP contribution in [0.4, 0.5) is 4.79 Å². The van der Waals surface area contributed by atoms with Gasteiger partial charge in [-0.2, -0.15) is 0 Å². The lowest BCUT2D eigenvalue weighted by Crippen LogP contribution is -2.56. The number of cyclic esters (lactones) is 2. The fourth-order valence-electron chi connectivity index (χ4n) is 14.7.